The molecule has 88 valence electrons. The summed E-state index contributed by atoms with van der Waals surface area (Å²) in [6.45, 7) is 3.81. The van der Waals surface area contributed by atoms with E-state index in [-0.39, 0.29) is 0 Å². The van der Waals surface area contributed by atoms with Crippen molar-refractivity contribution in [2.75, 3.05) is 32.8 Å². The van der Waals surface area contributed by atoms with Gasteiger partial charge in [-0.15, -0.1) is 0 Å². The minimum Gasteiger partial charge on any atom is -0.380 e. The van der Waals surface area contributed by atoms with Gasteiger partial charge in [-0.05, 0) is 38.8 Å². The molecule has 2 heterocycles. The van der Waals surface area contributed by atoms with Crippen LogP contribution in [0.15, 0.2) is 0 Å². The second-order valence-electron chi connectivity index (χ2n) is 4.70. The number of alkyl halides is 1. The zero-order chi connectivity index (χ0) is 10.6. The Hall–Kier alpha value is -0.190. The number of ether oxygens (including phenoxy) is 1. The van der Waals surface area contributed by atoms with E-state index >= 15 is 0 Å². The maximum atomic E-state index is 14.3. The van der Waals surface area contributed by atoms with E-state index in [9.17, 15) is 4.39 Å². The van der Waals surface area contributed by atoms with Crippen molar-refractivity contribution in [1.29, 1.82) is 0 Å². The lowest BCUT2D eigenvalue weighted by Crippen LogP contribution is -2.42. The summed E-state index contributed by atoms with van der Waals surface area (Å²) in [6, 6.07) is 0.369. The fourth-order valence-electron chi connectivity index (χ4n) is 2.29. The van der Waals surface area contributed by atoms with Crippen molar-refractivity contribution in [3.05, 3.63) is 0 Å². The number of hydrogen-bond acceptors (Lipinski definition) is 3. The lowest BCUT2D eigenvalue weighted by atomic mass is 9.96. The predicted octanol–water partition coefficient (Wildman–Crippen LogP) is 0.847. The molecule has 0 saturated carbocycles. The molecular weight excluding hydrogens is 195 g/mol. The molecular formula is C11H21FN2O. The Kier molecular flexibility index (Phi) is 3.94. The van der Waals surface area contributed by atoms with E-state index in [2.05, 4.69) is 10.6 Å². The Morgan fingerprint density at radius 1 is 1.40 bits per heavy atom. The molecule has 2 rings (SSSR count). The molecule has 0 aromatic heterocycles. The van der Waals surface area contributed by atoms with Gasteiger partial charge in [0.15, 0.2) is 0 Å². The van der Waals surface area contributed by atoms with Crippen LogP contribution in [0, 0.1) is 0 Å². The number of halogens is 1. The van der Waals surface area contributed by atoms with Gasteiger partial charge in [0, 0.05) is 19.2 Å². The highest BCUT2D eigenvalue weighted by Crippen LogP contribution is 2.23. The van der Waals surface area contributed by atoms with Crippen molar-refractivity contribution in [3.63, 3.8) is 0 Å². The van der Waals surface area contributed by atoms with Crippen LogP contribution in [-0.4, -0.2) is 44.6 Å². The standard InChI is InChI=1S/C11H21FN2O/c12-11(3-1-5-13-6-4-11)9-14-10-2-7-15-8-10/h10,13-14H,1-9H2. The highest BCUT2D eigenvalue weighted by molar-refractivity contribution is 4.87. The molecule has 0 aliphatic carbocycles. The summed E-state index contributed by atoms with van der Waals surface area (Å²) in [4.78, 5) is 0. The maximum Gasteiger partial charge on any atom is 0.124 e. The number of rotatable bonds is 3. The Bertz CT molecular complexity index is 187. The molecule has 0 amide bonds. The SMILES string of the molecule is FC1(CNC2CCOC2)CCCNCC1. The molecule has 0 radical (unpaired) electrons. The molecule has 2 aliphatic heterocycles. The van der Waals surface area contributed by atoms with Crippen LogP contribution in [0.4, 0.5) is 4.39 Å². The summed E-state index contributed by atoms with van der Waals surface area (Å²) in [5.41, 5.74) is -1.01. The van der Waals surface area contributed by atoms with Crippen molar-refractivity contribution in [3.8, 4) is 0 Å². The second-order valence-corrected chi connectivity index (χ2v) is 4.70. The highest BCUT2D eigenvalue weighted by Gasteiger charge is 2.31. The van der Waals surface area contributed by atoms with Gasteiger partial charge in [0.1, 0.15) is 5.67 Å². The second kappa shape index (κ2) is 5.23. The average Bonchev–Trinajstić information content (AvgIpc) is 2.65. The molecule has 2 aliphatic rings. The third-order valence-corrected chi connectivity index (χ3v) is 3.37. The largest absolute Gasteiger partial charge is 0.380 e. The van der Waals surface area contributed by atoms with Gasteiger partial charge in [0.2, 0.25) is 0 Å². The van der Waals surface area contributed by atoms with Gasteiger partial charge < -0.3 is 15.4 Å². The summed E-state index contributed by atoms with van der Waals surface area (Å²) >= 11 is 0. The number of hydrogen-bond donors (Lipinski definition) is 2. The van der Waals surface area contributed by atoms with E-state index in [1.165, 1.54) is 0 Å². The molecule has 3 nitrogen and oxygen atoms in total. The molecule has 0 aromatic rings. The van der Waals surface area contributed by atoms with E-state index in [1.54, 1.807) is 0 Å². The molecule has 4 heteroatoms. The summed E-state index contributed by atoms with van der Waals surface area (Å²) < 4.78 is 19.6. The van der Waals surface area contributed by atoms with E-state index in [0.717, 1.165) is 39.1 Å². The van der Waals surface area contributed by atoms with Crippen LogP contribution in [0.1, 0.15) is 25.7 Å². The Morgan fingerprint density at radius 3 is 3.13 bits per heavy atom. The van der Waals surface area contributed by atoms with Crippen LogP contribution >= 0.6 is 0 Å². The number of nitrogens with one attached hydrogen (secondary N) is 2. The van der Waals surface area contributed by atoms with Gasteiger partial charge in [0.25, 0.3) is 0 Å². The van der Waals surface area contributed by atoms with Crippen LogP contribution in [-0.2, 0) is 4.74 Å². The van der Waals surface area contributed by atoms with Gasteiger partial charge in [0.05, 0.1) is 6.61 Å². The van der Waals surface area contributed by atoms with Gasteiger partial charge in [-0.2, -0.15) is 0 Å². The van der Waals surface area contributed by atoms with E-state index in [0.29, 0.717) is 25.4 Å². The third kappa shape index (κ3) is 3.40. The molecule has 15 heavy (non-hydrogen) atoms. The first-order valence-electron chi connectivity index (χ1n) is 5.99. The van der Waals surface area contributed by atoms with E-state index < -0.39 is 5.67 Å². The van der Waals surface area contributed by atoms with Crippen LogP contribution in [0.25, 0.3) is 0 Å². The minimum atomic E-state index is -1.01. The Morgan fingerprint density at radius 2 is 2.33 bits per heavy atom. The average molecular weight is 216 g/mol. The van der Waals surface area contributed by atoms with Crippen LogP contribution in [0.2, 0.25) is 0 Å². The van der Waals surface area contributed by atoms with Crippen LogP contribution in [0.5, 0.6) is 0 Å². The molecule has 0 spiro atoms. The first-order valence-corrected chi connectivity index (χ1v) is 5.99. The zero-order valence-electron chi connectivity index (χ0n) is 9.23. The van der Waals surface area contributed by atoms with Crippen molar-refractivity contribution < 1.29 is 9.13 Å². The summed E-state index contributed by atoms with van der Waals surface area (Å²) in [7, 11) is 0. The predicted molar refractivity (Wildman–Crippen MR) is 57.8 cm³/mol. The molecule has 2 fully saturated rings. The summed E-state index contributed by atoms with van der Waals surface area (Å²) in [6.07, 6.45) is 3.28. The fourth-order valence-corrected chi connectivity index (χ4v) is 2.29. The van der Waals surface area contributed by atoms with Gasteiger partial charge in [-0.25, -0.2) is 4.39 Å². The quantitative estimate of drug-likeness (QED) is 0.733. The van der Waals surface area contributed by atoms with Crippen LogP contribution in [0.3, 0.4) is 0 Å². The van der Waals surface area contributed by atoms with Gasteiger partial charge >= 0.3 is 0 Å². The smallest absolute Gasteiger partial charge is 0.124 e. The van der Waals surface area contributed by atoms with Gasteiger partial charge in [-0.1, -0.05) is 0 Å². The monoisotopic (exact) mass is 216 g/mol. The normalized spacial score (nSPS) is 37.8. The maximum absolute atomic E-state index is 14.3. The topological polar surface area (TPSA) is 33.3 Å². The summed E-state index contributed by atoms with van der Waals surface area (Å²) in [5.74, 6) is 0. The Balaban J connectivity index is 1.75. The van der Waals surface area contributed by atoms with E-state index in [4.69, 9.17) is 4.74 Å². The molecule has 2 saturated heterocycles. The zero-order valence-corrected chi connectivity index (χ0v) is 9.23. The third-order valence-electron chi connectivity index (χ3n) is 3.37. The molecule has 2 atom stereocenters. The summed E-state index contributed by atoms with van der Waals surface area (Å²) in [5, 5.41) is 6.53. The minimum absolute atomic E-state index is 0.369. The van der Waals surface area contributed by atoms with Crippen molar-refractivity contribution in [2.45, 2.75) is 37.4 Å². The Labute approximate surface area is 90.8 Å². The van der Waals surface area contributed by atoms with Crippen molar-refractivity contribution in [1.82, 2.24) is 10.6 Å². The molecule has 2 N–H and O–H groups in total. The molecule has 0 aromatic carbocycles. The van der Waals surface area contributed by atoms with Crippen molar-refractivity contribution >= 4 is 0 Å². The lowest BCUT2D eigenvalue weighted by molar-refractivity contribution is 0.132. The first-order chi connectivity index (χ1) is 7.29. The first kappa shape index (κ1) is 11.3. The van der Waals surface area contributed by atoms with Gasteiger partial charge in [-0.3, -0.25) is 0 Å². The molecule has 2 unspecified atom stereocenters. The highest BCUT2D eigenvalue weighted by atomic mass is 19.1. The lowest BCUT2D eigenvalue weighted by Gasteiger charge is -2.25. The fraction of sp³-hybridized carbons (Fsp3) is 1.00. The van der Waals surface area contributed by atoms with Crippen molar-refractivity contribution in [2.24, 2.45) is 0 Å². The van der Waals surface area contributed by atoms with E-state index in [1.807, 2.05) is 0 Å². The molecule has 0 bridgehead atoms. The van der Waals surface area contributed by atoms with Crippen LogP contribution < -0.4 is 10.6 Å².